The topological polar surface area (TPSA) is 38.5 Å². The second kappa shape index (κ2) is 5.19. The molecular formula is C15H24N2O. The summed E-state index contributed by atoms with van der Waals surface area (Å²) in [6.07, 6.45) is 2.30. The molecule has 3 heteroatoms. The van der Waals surface area contributed by atoms with Crippen LogP contribution in [0.5, 0.6) is 5.75 Å². The Morgan fingerprint density at radius 3 is 2.44 bits per heavy atom. The number of methoxy groups -OCH3 is 1. The van der Waals surface area contributed by atoms with Gasteiger partial charge in [-0.25, -0.2) is 0 Å². The van der Waals surface area contributed by atoms with E-state index in [-0.39, 0.29) is 0 Å². The molecule has 1 aromatic carbocycles. The Hall–Kier alpha value is -1.22. The van der Waals surface area contributed by atoms with Crippen LogP contribution in [0, 0.1) is 19.8 Å². The highest BCUT2D eigenvalue weighted by Crippen LogP contribution is 2.33. The molecule has 1 aliphatic rings. The van der Waals surface area contributed by atoms with Gasteiger partial charge in [0.15, 0.2) is 0 Å². The zero-order valence-electron chi connectivity index (χ0n) is 11.9. The lowest BCUT2D eigenvalue weighted by Crippen LogP contribution is -2.42. The second-order valence-electron chi connectivity index (χ2n) is 5.59. The van der Waals surface area contributed by atoms with E-state index in [0.717, 1.165) is 31.1 Å². The summed E-state index contributed by atoms with van der Waals surface area (Å²) < 4.78 is 5.49. The van der Waals surface area contributed by atoms with Gasteiger partial charge in [0.1, 0.15) is 5.75 Å². The zero-order chi connectivity index (χ0) is 13.3. The molecule has 1 saturated carbocycles. The predicted octanol–water partition coefficient (Wildman–Crippen LogP) is 2.49. The van der Waals surface area contributed by atoms with Gasteiger partial charge in [0.2, 0.25) is 0 Å². The third-order valence-corrected chi connectivity index (χ3v) is 4.01. The van der Waals surface area contributed by atoms with Crippen molar-refractivity contribution in [1.29, 1.82) is 0 Å². The van der Waals surface area contributed by atoms with E-state index >= 15 is 0 Å². The van der Waals surface area contributed by atoms with Crippen LogP contribution in [0.2, 0.25) is 0 Å². The summed E-state index contributed by atoms with van der Waals surface area (Å²) in [5.74, 6) is 1.69. The zero-order valence-corrected chi connectivity index (χ0v) is 11.9. The fourth-order valence-electron chi connectivity index (χ4n) is 2.66. The van der Waals surface area contributed by atoms with Gasteiger partial charge in [0.25, 0.3) is 0 Å². The van der Waals surface area contributed by atoms with Gasteiger partial charge in [-0.2, -0.15) is 0 Å². The Morgan fingerprint density at radius 2 is 1.89 bits per heavy atom. The molecule has 3 nitrogen and oxygen atoms in total. The number of nitrogens with zero attached hydrogens (tertiary/aromatic N) is 1. The molecule has 1 aromatic rings. The fraction of sp³-hybridized carbons (Fsp3) is 0.600. The number of rotatable bonds is 4. The van der Waals surface area contributed by atoms with Crippen LogP contribution < -0.4 is 15.4 Å². The summed E-state index contributed by atoms with van der Waals surface area (Å²) in [5, 5.41) is 0. The van der Waals surface area contributed by atoms with Crippen molar-refractivity contribution in [2.75, 3.05) is 25.6 Å². The van der Waals surface area contributed by atoms with Gasteiger partial charge in [0, 0.05) is 19.6 Å². The Labute approximate surface area is 110 Å². The number of benzene rings is 1. The molecule has 0 heterocycles. The van der Waals surface area contributed by atoms with Gasteiger partial charge in [-0.05, 0) is 55.9 Å². The summed E-state index contributed by atoms with van der Waals surface area (Å²) in [5.41, 5.74) is 9.60. The van der Waals surface area contributed by atoms with E-state index in [0.29, 0.717) is 6.04 Å². The molecule has 0 radical (unpaired) electrons. The summed E-state index contributed by atoms with van der Waals surface area (Å²) in [6, 6.07) is 4.76. The van der Waals surface area contributed by atoms with E-state index in [9.17, 15) is 0 Å². The van der Waals surface area contributed by atoms with Gasteiger partial charge in [-0.15, -0.1) is 0 Å². The van der Waals surface area contributed by atoms with Crippen LogP contribution in [-0.4, -0.2) is 26.7 Å². The Balaban J connectivity index is 2.13. The second-order valence-corrected chi connectivity index (χ2v) is 5.59. The average Bonchev–Trinajstić information content (AvgIpc) is 2.30. The molecule has 0 unspecified atom stereocenters. The minimum Gasteiger partial charge on any atom is -0.495 e. The van der Waals surface area contributed by atoms with Crippen LogP contribution in [0.1, 0.15) is 24.0 Å². The van der Waals surface area contributed by atoms with Gasteiger partial charge in [-0.1, -0.05) is 0 Å². The fourth-order valence-corrected chi connectivity index (χ4v) is 2.66. The molecule has 0 aromatic heterocycles. The molecule has 0 spiro atoms. The molecule has 18 heavy (non-hydrogen) atoms. The molecule has 0 atom stereocenters. The Morgan fingerprint density at radius 1 is 1.28 bits per heavy atom. The smallest absolute Gasteiger partial charge is 0.142 e. The SMILES string of the molecule is COc1cc(C)c(C)cc1N(C)CC1CC(N)C1. The summed E-state index contributed by atoms with van der Waals surface area (Å²) in [6.45, 7) is 5.32. The lowest BCUT2D eigenvalue weighted by atomic mass is 9.80. The predicted molar refractivity (Wildman–Crippen MR) is 76.4 cm³/mol. The maximum atomic E-state index is 5.84. The highest BCUT2D eigenvalue weighted by atomic mass is 16.5. The first kappa shape index (κ1) is 13.2. The summed E-state index contributed by atoms with van der Waals surface area (Å²) in [7, 11) is 3.87. The van der Waals surface area contributed by atoms with Crippen LogP contribution in [0.3, 0.4) is 0 Å². The van der Waals surface area contributed by atoms with Crippen LogP contribution in [-0.2, 0) is 0 Å². The molecule has 1 fully saturated rings. The maximum absolute atomic E-state index is 5.84. The molecular weight excluding hydrogens is 224 g/mol. The van der Waals surface area contributed by atoms with E-state index in [1.807, 2.05) is 0 Å². The van der Waals surface area contributed by atoms with Gasteiger partial charge < -0.3 is 15.4 Å². The van der Waals surface area contributed by atoms with E-state index < -0.39 is 0 Å². The van der Waals surface area contributed by atoms with Crippen LogP contribution in [0.25, 0.3) is 0 Å². The minimum absolute atomic E-state index is 0.421. The van der Waals surface area contributed by atoms with Gasteiger partial charge >= 0.3 is 0 Å². The first-order valence-corrected chi connectivity index (χ1v) is 6.63. The summed E-state index contributed by atoms with van der Waals surface area (Å²) >= 11 is 0. The number of nitrogens with two attached hydrogens (primary N) is 1. The monoisotopic (exact) mass is 248 g/mol. The average molecular weight is 248 g/mol. The molecule has 1 aliphatic carbocycles. The number of ether oxygens (including phenoxy) is 1. The molecule has 2 rings (SSSR count). The van der Waals surface area contributed by atoms with E-state index in [2.05, 4.69) is 37.9 Å². The van der Waals surface area contributed by atoms with Crippen molar-refractivity contribution in [1.82, 2.24) is 0 Å². The molecule has 100 valence electrons. The first-order chi connectivity index (χ1) is 8.51. The minimum atomic E-state index is 0.421. The van der Waals surface area contributed by atoms with Crippen LogP contribution in [0.4, 0.5) is 5.69 Å². The lowest BCUT2D eigenvalue weighted by molar-refractivity contribution is 0.270. The van der Waals surface area contributed by atoms with E-state index in [1.54, 1.807) is 7.11 Å². The molecule has 0 aliphatic heterocycles. The van der Waals surface area contributed by atoms with Crippen molar-refractivity contribution in [2.24, 2.45) is 11.7 Å². The van der Waals surface area contributed by atoms with Crippen molar-refractivity contribution in [2.45, 2.75) is 32.7 Å². The third kappa shape index (κ3) is 2.61. The Kier molecular flexibility index (Phi) is 3.81. The van der Waals surface area contributed by atoms with Crippen molar-refractivity contribution in [3.63, 3.8) is 0 Å². The lowest BCUT2D eigenvalue weighted by Gasteiger charge is -2.36. The van der Waals surface area contributed by atoms with Crippen molar-refractivity contribution in [3.05, 3.63) is 23.3 Å². The first-order valence-electron chi connectivity index (χ1n) is 6.63. The molecule has 0 saturated heterocycles. The molecule has 2 N–H and O–H groups in total. The number of hydrogen-bond donors (Lipinski definition) is 1. The number of hydrogen-bond acceptors (Lipinski definition) is 3. The normalized spacial score (nSPS) is 22.5. The highest BCUT2D eigenvalue weighted by molar-refractivity contribution is 5.61. The Bertz CT molecular complexity index is 425. The number of aryl methyl sites for hydroxylation is 2. The van der Waals surface area contributed by atoms with Crippen LogP contribution >= 0.6 is 0 Å². The van der Waals surface area contributed by atoms with Gasteiger partial charge in [0.05, 0.1) is 12.8 Å². The van der Waals surface area contributed by atoms with Crippen LogP contribution in [0.15, 0.2) is 12.1 Å². The quantitative estimate of drug-likeness (QED) is 0.889. The standard InChI is InChI=1S/C15H24N2O/c1-10-5-14(15(18-4)6-11(10)2)17(3)9-12-7-13(16)8-12/h5-6,12-13H,7-9,16H2,1-4H3. The molecule has 0 amide bonds. The third-order valence-electron chi connectivity index (χ3n) is 4.01. The number of anilines is 1. The largest absolute Gasteiger partial charge is 0.495 e. The summed E-state index contributed by atoms with van der Waals surface area (Å²) in [4.78, 5) is 2.29. The van der Waals surface area contributed by atoms with E-state index in [4.69, 9.17) is 10.5 Å². The van der Waals surface area contributed by atoms with Crippen molar-refractivity contribution >= 4 is 5.69 Å². The maximum Gasteiger partial charge on any atom is 0.142 e. The molecule has 0 bridgehead atoms. The van der Waals surface area contributed by atoms with Gasteiger partial charge in [-0.3, -0.25) is 0 Å². The van der Waals surface area contributed by atoms with E-state index in [1.165, 1.54) is 16.8 Å². The highest BCUT2D eigenvalue weighted by Gasteiger charge is 2.27. The van der Waals surface area contributed by atoms with Crippen molar-refractivity contribution < 1.29 is 4.74 Å². The van der Waals surface area contributed by atoms with Crippen molar-refractivity contribution in [3.8, 4) is 5.75 Å².